The SMILES string of the molecule is CCCC(C)C=C=CN(C(=O)OCc1ccccc1)P(=O)(OCC)OCC. The smallest absolute Gasteiger partial charge is 0.444 e. The Morgan fingerprint density at radius 1 is 1.19 bits per heavy atom. The van der Waals surface area contributed by atoms with Crippen molar-refractivity contribution in [1.29, 1.82) is 0 Å². The molecule has 0 aliphatic carbocycles. The molecule has 0 heterocycles. The first-order chi connectivity index (χ1) is 13.0. The van der Waals surface area contributed by atoms with Crippen LogP contribution < -0.4 is 0 Å². The quantitative estimate of drug-likeness (QED) is 0.344. The first-order valence-corrected chi connectivity index (χ1v) is 10.8. The Kier molecular flexibility index (Phi) is 10.8. The van der Waals surface area contributed by atoms with Gasteiger partial charge in [0.2, 0.25) is 0 Å². The maximum absolute atomic E-state index is 13.1. The van der Waals surface area contributed by atoms with Crippen LogP contribution in [0.5, 0.6) is 0 Å². The van der Waals surface area contributed by atoms with Gasteiger partial charge in [-0.05, 0) is 37.8 Å². The van der Waals surface area contributed by atoms with Crippen molar-refractivity contribution in [3.63, 3.8) is 0 Å². The number of nitrogens with zero attached hydrogens (tertiary/aromatic N) is 1. The number of carbonyl (C=O) groups is 1. The van der Waals surface area contributed by atoms with Crippen molar-refractivity contribution < 1.29 is 23.1 Å². The van der Waals surface area contributed by atoms with E-state index in [1.54, 1.807) is 13.8 Å². The molecule has 7 heteroatoms. The largest absolute Gasteiger partial charge is 0.444 e. The van der Waals surface area contributed by atoms with Gasteiger partial charge in [0, 0.05) is 0 Å². The first kappa shape index (κ1) is 23.2. The molecule has 27 heavy (non-hydrogen) atoms. The van der Waals surface area contributed by atoms with Crippen LogP contribution in [0.4, 0.5) is 4.79 Å². The molecule has 1 amide bonds. The van der Waals surface area contributed by atoms with Crippen molar-refractivity contribution >= 4 is 13.8 Å². The van der Waals surface area contributed by atoms with E-state index < -0.39 is 13.8 Å². The van der Waals surface area contributed by atoms with E-state index >= 15 is 0 Å². The molecule has 1 aromatic carbocycles. The van der Waals surface area contributed by atoms with Crippen molar-refractivity contribution in [2.75, 3.05) is 13.2 Å². The zero-order valence-electron chi connectivity index (χ0n) is 16.6. The Balaban J connectivity index is 3.02. The van der Waals surface area contributed by atoms with Gasteiger partial charge in [0.05, 0.1) is 19.4 Å². The summed E-state index contributed by atoms with van der Waals surface area (Å²) in [6.45, 7) is 7.82. The summed E-state index contributed by atoms with van der Waals surface area (Å²) in [4.78, 5) is 12.6. The molecule has 150 valence electrons. The molecule has 0 aromatic heterocycles. The second-order valence-corrected chi connectivity index (χ2v) is 7.80. The highest BCUT2D eigenvalue weighted by Crippen LogP contribution is 2.52. The minimum Gasteiger partial charge on any atom is -0.444 e. The fraction of sp³-hybridized carbons (Fsp3) is 0.500. The number of benzene rings is 1. The Morgan fingerprint density at radius 3 is 2.37 bits per heavy atom. The maximum Gasteiger partial charge on any atom is 0.444 e. The summed E-state index contributed by atoms with van der Waals surface area (Å²) < 4.78 is 29.8. The molecular weight excluding hydrogens is 365 g/mol. The highest BCUT2D eigenvalue weighted by atomic mass is 31.2. The molecule has 0 saturated carbocycles. The predicted octanol–water partition coefficient (Wildman–Crippen LogP) is 5.91. The zero-order chi connectivity index (χ0) is 20.1. The lowest BCUT2D eigenvalue weighted by Crippen LogP contribution is -2.26. The molecular formula is C20H30NO5P. The third-order valence-electron chi connectivity index (χ3n) is 3.56. The highest BCUT2D eigenvalue weighted by molar-refractivity contribution is 7.52. The van der Waals surface area contributed by atoms with Crippen LogP contribution in [0.3, 0.4) is 0 Å². The molecule has 1 aromatic rings. The van der Waals surface area contributed by atoms with E-state index in [1.807, 2.05) is 43.3 Å². The average molecular weight is 395 g/mol. The second kappa shape index (κ2) is 12.5. The van der Waals surface area contributed by atoms with Gasteiger partial charge in [0.15, 0.2) is 0 Å². The summed E-state index contributed by atoms with van der Waals surface area (Å²) in [5.74, 6) is 0.284. The molecule has 0 aliphatic heterocycles. The molecule has 1 rings (SSSR count). The second-order valence-electron chi connectivity index (χ2n) is 5.92. The molecule has 0 aliphatic rings. The van der Waals surface area contributed by atoms with Crippen molar-refractivity contribution in [3.8, 4) is 0 Å². The van der Waals surface area contributed by atoms with Crippen LogP contribution in [0.15, 0.2) is 48.3 Å². The molecule has 1 unspecified atom stereocenters. The van der Waals surface area contributed by atoms with Gasteiger partial charge in [0.25, 0.3) is 0 Å². The van der Waals surface area contributed by atoms with Gasteiger partial charge in [-0.25, -0.2) is 9.36 Å². The number of hydrogen-bond donors (Lipinski definition) is 0. The van der Waals surface area contributed by atoms with Crippen molar-refractivity contribution in [1.82, 2.24) is 4.67 Å². The topological polar surface area (TPSA) is 65.1 Å². The Morgan fingerprint density at radius 2 is 1.81 bits per heavy atom. The Bertz CT molecular complexity index is 660. The van der Waals surface area contributed by atoms with Gasteiger partial charge in [0.1, 0.15) is 6.61 Å². The maximum atomic E-state index is 13.1. The van der Waals surface area contributed by atoms with Gasteiger partial charge < -0.3 is 4.74 Å². The van der Waals surface area contributed by atoms with Gasteiger partial charge >= 0.3 is 13.8 Å². The van der Waals surface area contributed by atoms with E-state index in [1.165, 1.54) is 6.20 Å². The van der Waals surface area contributed by atoms with E-state index in [-0.39, 0.29) is 25.7 Å². The normalized spacial score (nSPS) is 12.0. The number of ether oxygens (including phenoxy) is 1. The number of rotatable bonds is 11. The Labute approximate surface area is 162 Å². The summed E-state index contributed by atoms with van der Waals surface area (Å²) in [6, 6.07) is 9.25. The van der Waals surface area contributed by atoms with Crippen molar-refractivity contribution in [2.24, 2.45) is 5.92 Å². The van der Waals surface area contributed by atoms with Crippen LogP contribution in [0, 0.1) is 5.92 Å². The minimum absolute atomic E-state index is 0.0538. The first-order valence-electron chi connectivity index (χ1n) is 9.29. The lowest BCUT2D eigenvalue weighted by Gasteiger charge is -2.25. The van der Waals surface area contributed by atoms with Crippen LogP contribution in [0.1, 0.15) is 46.1 Å². The van der Waals surface area contributed by atoms with Gasteiger partial charge in [-0.2, -0.15) is 4.67 Å². The van der Waals surface area contributed by atoms with Crippen LogP contribution in [0.25, 0.3) is 0 Å². The van der Waals surface area contributed by atoms with Crippen LogP contribution >= 0.6 is 7.75 Å². The molecule has 0 bridgehead atoms. The molecule has 1 atom stereocenters. The summed E-state index contributed by atoms with van der Waals surface area (Å²) in [5.41, 5.74) is 3.74. The van der Waals surface area contributed by atoms with Crippen molar-refractivity contribution in [2.45, 2.75) is 47.1 Å². The van der Waals surface area contributed by atoms with Gasteiger partial charge in [-0.3, -0.25) is 9.05 Å². The number of amides is 1. The standard InChI is InChI=1S/C20H30NO5P/c1-5-12-18(4)13-11-16-21(27(23,25-6-2)26-7-3)20(22)24-17-19-14-9-8-10-15-19/h8-10,13-16,18H,5-7,12,17H2,1-4H3. The van der Waals surface area contributed by atoms with E-state index in [2.05, 4.69) is 12.7 Å². The van der Waals surface area contributed by atoms with Gasteiger partial charge in [-0.1, -0.05) is 50.6 Å². The summed E-state index contributed by atoms with van der Waals surface area (Å²) in [6.07, 6.45) is 4.33. The van der Waals surface area contributed by atoms with E-state index in [9.17, 15) is 9.36 Å². The highest BCUT2D eigenvalue weighted by Gasteiger charge is 2.37. The number of hydrogen-bond acceptors (Lipinski definition) is 5. The lowest BCUT2D eigenvalue weighted by molar-refractivity contribution is 0.111. The molecule has 0 radical (unpaired) electrons. The number of carbonyl (C=O) groups excluding carboxylic acids is 1. The van der Waals surface area contributed by atoms with Crippen LogP contribution in [0.2, 0.25) is 0 Å². The van der Waals surface area contributed by atoms with E-state index in [4.69, 9.17) is 13.8 Å². The van der Waals surface area contributed by atoms with E-state index in [0.29, 0.717) is 0 Å². The Hall–Kier alpha value is -1.84. The predicted molar refractivity (Wildman–Crippen MR) is 106 cm³/mol. The monoisotopic (exact) mass is 395 g/mol. The summed E-state index contributed by atoms with van der Waals surface area (Å²) >= 11 is 0. The molecule has 0 fully saturated rings. The third kappa shape index (κ3) is 8.15. The lowest BCUT2D eigenvalue weighted by atomic mass is 10.1. The van der Waals surface area contributed by atoms with Gasteiger partial charge in [-0.15, -0.1) is 5.73 Å². The third-order valence-corrected chi connectivity index (χ3v) is 5.54. The minimum atomic E-state index is -3.86. The van der Waals surface area contributed by atoms with Crippen LogP contribution in [-0.2, 0) is 25.0 Å². The molecule has 0 saturated heterocycles. The zero-order valence-corrected chi connectivity index (χ0v) is 17.5. The molecule has 6 nitrogen and oxygen atoms in total. The van der Waals surface area contributed by atoms with Crippen LogP contribution in [-0.4, -0.2) is 24.0 Å². The average Bonchev–Trinajstić information content (AvgIpc) is 2.64. The molecule has 0 spiro atoms. The number of allylic oxidation sites excluding steroid dienone is 1. The fourth-order valence-electron chi connectivity index (χ4n) is 2.31. The fourth-order valence-corrected chi connectivity index (χ4v) is 3.76. The van der Waals surface area contributed by atoms with Crippen molar-refractivity contribution in [3.05, 3.63) is 53.9 Å². The molecule has 0 N–H and O–H groups in total. The summed E-state index contributed by atoms with van der Waals surface area (Å²) in [7, 11) is -3.86. The van der Waals surface area contributed by atoms with E-state index in [0.717, 1.165) is 23.1 Å². The summed E-state index contributed by atoms with van der Waals surface area (Å²) in [5, 5.41) is 0.